The molecule has 1 aliphatic heterocycles. The standard InChI is InChI=1S/C29H22BrNO5/c30-21-13-23(33)26-20(27(21)34)12-19-16(24(26)17-8-4-5-9-22(17)32)10-11-18-25(19)29(36)31(28(18)35)14-15-6-2-1-3-7-15/h1-10,13,18-19,24-25,32H,11-12,14H2. The molecule has 1 saturated heterocycles. The summed E-state index contributed by atoms with van der Waals surface area (Å²) in [4.78, 5) is 54.9. The number of hydrogen-bond acceptors (Lipinski definition) is 5. The van der Waals surface area contributed by atoms with Crippen LogP contribution in [0.1, 0.15) is 29.9 Å². The summed E-state index contributed by atoms with van der Waals surface area (Å²) >= 11 is 3.22. The number of ketones is 2. The summed E-state index contributed by atoms with van der Waals surface area (Å²) < 4.78 is 0.182. The number of carbonyl (C=O) groups excluding carboxylic acids is 4. The van der Waals surface area contributed by atoms with Crippen LogP contribution in [0.25, 0.3) is 0 Å². The number of rotatable bonds is 3. The van der Waals surface area contributed by atoms with Crippen LogP contribution in [-0.2, 0) is 25.7 Å². The fourth-order valence-electron chi connectivity index (χ4n) is 6.28. The van der Waals surface area contributed by atoms with Crippen molar-refractivity contribution in [2.45, 2.75) is 25.3 Å². The van der Waals surface area contributed by atoms with Crippen LogP contribution in [-0.4, -0.2) is 33.4 Å². The number of imide groups is 1. The third-order valence-corrected chi connectivity index (χ3v) is 8.44. The first-order chi connectivity index (χ1) is 17.4. The number of likely N-dealkylation sites (tertiary alicyclic amines) is 1. The van der Waals surface area contributed by atoms with E-state index in [-0.39, 0.29) is 46.6 Å². The number of hydrogen-bond donors (Lipinski definition) is 1. The molecule has 1 N–H and O–H groups in total. The average molecular weight is 544 g/mol. The van der Waals surface area contributed by atoms with Gasteiger partial charge in [-0.2, -0.15) is 0 Å². The largest absolute Gasteiger partial charge is 0.508 e. The molecule has 4 aliphatic rings. The van der Waals surface area contributed by atoms with Gasteiger partial charge in [0.25, 0.3) is 0 Å². The van der Waals surface area contributed by atoms with Gasteiger partial charge < -0.3 is 5.11 Å². The molecular formula is C29H22BrNO5. The average Bonchev–Trinajstić information content (AvgIpc) is 3.12. The van der Waals surface area contributed by atoms with Crippen molar-refractivity contribution in [3.63, 3.8) is 0 Å². The zero-order valence-electron chi connectivity index (χ0n) is 19.2. The Labute approximate surface area is 216 Å². The molecule has 180 valence electrons. The Balaban J connectivity index is 1.45. The second-order valence-corrected chi connectivity index (χ2v) is 10.6. The molecule has 0 saturated carbocycles. The van der Waals surface area contributed by atoms with Crippen LogP contribution in [0.15, 0.2) is 88.0 Å². The van der Waals surface area contributed by atoms with Gasteiger partial charge in [0.05, 0.1) is 22.9 Å². The van der Waals surface area contributed by atoms with Crippen molar-refractivity contribution >= 4 is 39.3 Å². The van der Waals surface area contributed by atoms with Crippen molar-refractivity contribution in [3.05, 3.63) is 99.1 Å². The lowest BCUT2D eigenvalue weighted by atomic mass is 9.59. The minimum absolute atomic E-state index is 0.0198. The third kappa shape index (κ3) is 3.37. The Morgan fingerprint density at radius 3 is 2.39 bits per heavy atom. The van der Waals surface area contributed by atoms with Gasteiger partial charge in [-0.3, -0.25) is 24.1 Å². The van der Waals surface area contributed by atoms with E-state index in [4.69, 9.17) is 0 Å². The summed E-state index contributed by atoms with van der Waals surface area (Å²) in [5, 5.41) is 10.7. The van der Waals surface area contributed by atoms with Gasteiger partial charge in [0, 0.05) is 28.7 Å². The number of Topliss-reactive ketones (excluding diaryl/α,β-unsaturated/α-hetero) is 1. The van der Waals surface area contributed by atoms with Crippen LogP contribution in [0, 0.1) is 17.8 Å². The van der Waals surface area contributed by atoms with Crippen molar-refractivity contribution < 1.29 is 24.3 Å². The maximum Gasteiger partial charge on any atom is 0.234 e. The lowest BCUT2D eigenvalue weighted by Gasteiger charge is -2.42. The Kier molecular flexibility index (Phi) is 5.41. The van der Waals surface area contributed by atoms with E-state index < -0.39 is 23.7 Å². The van der Waals surface area contributed by atoms with E-state index in [1.165, 1.54) is 11.0 Å². The number of benzene rings is 2. The lowest BCUT2D eigenvalue weighted by Crippen LogP contribution is -2.39. The summed E-state index contributed by atoms with van der Waals surface area (Å²) in [6.45, 7) is 0.204. The molecular weight excluding hydrogens is 522 g/mol. The summed E-state index contributed by atoms with van der Waals surface area (Å²) in [6.07, 6.45) is 3.82. The quantitative estimate of drug-likeness (QED) is 0.353. The number of amides is 2. The smallest absolute Gasteiger partial charge is 0.234 e. The first kappa shape index (κ1) is 22.9. The van der Waals surface area contributed by atoms with Gasteiger partial charge in [-0.15, -0.1) is 0 Å². The first-order valence-corrected chi connectivity index (χ1v) is 12.7. The number of fused-ring (bicyclic) bond motifs is 3. The van der Waals surface area contributed by atoms with Crippen molar-refractivity contribution in [1.82, 2.24) is 4.90 Å². The van der Waals surface area contributed by atoms with Gasteiger partial charge in [-0.05, 0) is 46.3 Å². The summed E-state index contributed by atoms with van der Waals surface area (Å²) in [5.41, 5.74) is 2.92. The van der Waals surface area contributed by atoms with E-state index in [2.05, 4.69) is 15.9 Å². The predicted octanol–water partition coefficient (Wildman–Crippen LogP) is 4.35. The molecule has 4 atom stereocenters. The van der Waals surface area contributed by atoms with Crippen molar-refractivity contribution in [2.24, 2.45) is 17.8 Å². The maximum atomic E-state index is 13.7. The van der Waals surface area contributed by atoms with Crippen LogP contribution in [0.4, 0.5) is 0 Å². The molecule has 36 heavy (non-hydrogen) atoms. The van der Waals surface area contributed by atoms with Gasteiger partial charge >= 0.3 is 0 Å². The molecule has 1 heterocycles. The number of nitrogens with zero attached hydrogens (tertiary/aromatic N) is 1. The van der Waals surface area contributed by atoms with Crippen molar-refractivity contribution in [1.29, 1.82) is 0 Å². The van der Waals surface area contributed by atoms with E-state index >= 15 is 0 Å². The van der Waals surface area contributed by atoms with Gasteiger partial charge in [-0.25, -0.2) is 0 Å². The normalized spacial score (nSPS) is 27.4. The highest BCUT2D eigenvalue weighted by molar-refractivity contribution is 9.12. The highest BCUT2D eigenvalue weighted by Crippen LogP contribution is 2.56. The van der Waals surface area contributed by atoms with E-state index in [0.29, 0.717) is 23.1 Å². The predicted molar refractivity (Wildman–Crippen MR) is 135 cm³/mol. The second kappa shape index (κ2) is 8.52. The summed E-state index contributed by atoms with van der Waals surface area (Å²) in [6, 6.07) is 16.2. The molecule has 3 aliphatic carbocycles. The highest BCUT2D eigenvalue weighted by atomic mass is 79.9. The fraction of sp³-hybridized carbons (Fsp3) is 0.241. The van der Waals surface area contributed by atoms with Crippen molar-refractivity contribution in [3.8, 4) is 5.75 Å². The van der Waals surface area contributed by atoms with E-state index in [1.54, 1.807) is 24.3 Å². The fourth-order valence-corrected chi connectivity index (χ4v) is 6.73. The zero-order valence-corrected chi connectivity index (χ0v) is 20.8. The van der Waals surface area contributed by atoms with E-state index in [9.17, 15) is 24.3 Å². The molecule has 6 rings (SSSR count). The Bertz CT molecular complexity index is 1440. The molecule has 7 heteroatoms. The zero-order chi connectivity index (χ0) is 25.1. The highest BCUT2D eigenvalue weighted by Gasteiger charge is 2.56. The van der Waals surface area contributed by atoms with Crippen molar-refractivity contribution in [2.75, 3.05) is 0 Å². The van der Waals surface area contributed by atoms with Crippen LogP contribution in [0.2, 0.25) is 0 Å². The molecule has 0 bridgehead atoms. The monoisotopic (exact) mass is 543 g/mol. The molecule has 0 radical (unpaired) electrons. The molecule has 0 aromatic heterocycles. The number of aromatic hydroxyl groups is 1. The van der Waals surface area contributed by atoms with Gasteiger partial charge in [-0.1, -0.05) is 60.2 Å². The van der Waals surface area contributed by atoms with Gasteiger partial charge in [0.1, 0.15) is 5.75 Å². The minimum atomic E-state index is -0.653. The van der Waals surface area contributed by atoms with E-state index in [1.807, 2.05) is 36.4 Å². The summed E-state index contributed by atoms with van der Waals surface area (Å²) in [7, 11) is 0. The van der Waals surface area contributed by atoms with Crippen LogP contribution in [0.5, 0.6) is 5.75 Å². The molecule has 6 nitrogen and oxygen atoms in total. The Morgan fingerprint density at radius 2 is 1.64 bits per heavy atom. The first-order valence-electron chi connectivity index (χ1n) is 11.9. The molecule has 0 spiro atoms. The minimum Gasteiger partial charge on any atom is -0.508 e. The lowest BCUT2D eigenvalue weighted by molar-refractivity contribution is -0.140. The number of carbonyl (C=O) groups is 4. The number of phenolic OH excluding ortho intramolecular Hbond substituents is 1. The number of phenols is 1. The number of para-hydroxylation sites is 1. The molecule has 4 unspecified atom stereocenters. The SMILES string of the molecule is O=C1C=C(Br)C(=O)C2=C1C(c1ccccc1O)C1=CCC3C(=O)N(Cc4ccccc4)C(=O)C3C1C2. The van der Waals surface area contributed by atoms with Crippen LogP contribution in [0.3, 0.4) is 0 Å². The van der Waals surface area contributed by atoms with Crippen LogP contribution < -0.4 is 0 Å². The van der Waals surface area contributed by atoms with Gasteiger partial charge in [0.2, 0.25) is 11.8 Å². The number of allylic oxidation sites excluding steroid dienone is 6. The Hall–Kier alpha value is -3.58. The molecule has 1 fully saturated rings. The molecule has 2 aromatic rings. The number of halogens is 1. The van der Waals surface area contributed by atoms with Crippen LogP contribution >= 0.6 is 15.9 Å². The third-order valence-electron chi connectivity index (χ3n) is 7.85. The Morgan fingerprint density at radius 1 is 0.917 bits per heavy atom. The maximum absolute atomic E-state index is 13.7. The van der Waals surface area contributed by atoms with E-state index in [0.717, 1.165) is 11.1 Å². The topological polar surface area (TPSA) is 91.8 Å². The second-order valence-electron chi connectivity index (χ2n) is 9.70. The molecule has 2 amide bonds. The summed E-state index contributed by atoms with van der Waals surface area (Å²) in [5.74, 6) is -3.18. The van der Waals surface area contributed by atoms with Gasteiger partial charge in [0.15, 0.2) is 11.6 Å². The molecule has 2 aromatic carbocycles.